The smallest absolute Gasteiger partial charge is 0.215 e. The molecule has 0 bridgehead atoms. The summed E-state index contributed by atoms with van der Waals surface area (Å²) in [4.78, 5) is 12.5. The van der Waals surface area contributed by atoms with Crippen molar-refractivity contribution in [1.82, 2.24) is 15.0 Å². The first kappa shape index (κ1) is 12.9. The Kier molecular flexibility index (Phi) is 3.52. The number of thioether (sulfide) groups is 1. The number of hydrogen-bond acceptors (Lipinski definition) is 5. The Bertz CT molecular complexity index is 735. The highest BCUT2D eigenvalue weighted by Crippen LogP contribution is 2.26. The average Bonchev–Trinajstić information content (AvgIpc) is 2.44. The number of aromatic hydroxyl groups is 1. The zero-order valence-electron chi connectivity index (χ0n) is 10.9. The lowest BCUT2D eigenvalue weighted by Gasteiger charge is -2.06. The molecule has 100 valence electrons. The number of pyridine rings is 1. The average molecular weight is 283 g/mol. The molecule has 3 aromatic rings. The minimum atomic E-state index is 0.0159. The van der Waals surface area contributed by atoms with Gasteiger partial charge in [0, 0.05) is 35.3 Å². The standard InChI is InChI=1S/C15H13N3OS/c1-10-7-14(19)18-15(17-10)20-9-12-4-2-3-11-8-16-6-5-13(11)12/h2-8H,9H2,1H3,(H,17,18,19). The number of hydrogen-bond donors (Lipinski definition) is 1. The molecule has 0 fully saturated rings. The van der Waals surface area contributed by atoms with Crippen LogP contribution in [0.1, 0.15) is 11.3 Å². The molecular formula is C15H13N3OS. The van der Waals surface area contributed by atoms with Gasteiger partial charge >= 0.3 is 0 Å². The first-order valence-electron chi connectivity index (χ1n) is 6.21. The summed E-state index contributed by atoms with van der Waals surface area (Å²) in [5, 5.41) is 12.4. The SMILES string of the molecule is Cc1cc(O)nc(SCc2cccc3cnccc23)n1. The van der Waals surface area contributed by atoms with Crippen LogP contribution in [0, 0.1) is 6.92 Å². The predicted octanol–water partition coefficient (Wildman–Crippen LogP) is 3.33. The van der Waals surface area contributed by atoms with Crippen molar-refractivity contribution < 1.29 is 5.11 Å². The summed E-state index contributed by atoms with van der Waals surface area (Å²) >= 11 is 1.51. The molecular weight excluding hydrogens is 270 g/mol. The molecule has 1 N–H and O–H groups in total. The molecule has 0 saturated carbocycles. The number of aromatic nitrogens is 3. The molecule has 5 heteroatoms. The molecule has 0 amide bonds. The molecule has 1 aromatic carbocycles. The summed E-state index contributed by atoms with van der Waals surface area (Å²) in [6, 6.07) is 9.72. The van der Waals surface area contributed by atoms with Crippen molar-refractivity contribution in [1.29, 1.82) is 0 Å². The summed E-state index contributed by atoms with van der Waals surface area (Å²) in [6.45, 7) is 1.84. The Balaban J connectivity index is 1.87. The summed E-state index contributed by atoms with van der Waals surface area (Å²) in [5.74, 6) is 0.770. The van der Waals surface area contributed by atoms with Crippen molar-refractivity contribution in [2.45, 2.75) is 17.8 Å². The van der Waals surface area contributed by atoms with E-state index >= 15 is 0 Å². The lowest BCUT2D eigenvalue weighted by Crippen LogP contribution is -1.91. The van der Waals surface area contributed by atoms with Crippen molar-refractivity contribution in [3.05, 3.63) is 54.0 Å². The van der Waals surface area contributed by atoms with Crippen LogP contribution in [0.5, 0.6) is 5.88 Å². The van der Waals surface area contributed by atoms with Gasteiger partial charge in [0.25, 0.3) is 0 Å². The fourth-order valence-electron chi connectivity index (χ4n) is 2.05. The van der Waals surface area contributed by atoms with Crippen molar-refractivity contribution in [3.8, 4) is 5.88 Å². The van der Waals surface area contributed by atoms with E-state index in [4.69, 9.17) is 0 Å². The van der Waals surface area contributed by atoms with Gasteiger partial charge in [0.2, 0.25) is 5.88 Å². The lowest BCUT2D eigenvalue weighted by molar-refractivity contribution is 0.444. The molecule has 0 atom stereocenters. The molecule has 3 rings (SSSR count). The van der Waals surface area contributed by atoms with Gasteiger partial charge in [-0.15, -0.1) is 0 Å². The maximum atomic E-state index is 9.49. The number of rotatable bonds is 3. The second-order valence-corrected chi connectivity index (χ2v) is 5.40. The highest BCUT2D eigenvalue weighted by atomic mass is 32.2. The molecule has 2 heterocycles. The lowest BCUT2D eigenvalue weighted by atomic mass is 10.1. The van der Waals surface area contributed by atoms with E-state index in [1.807, 2.05) is 31.3 Å². The molecule has 0 aliphatic heterocycles. The highest BCUT2D eigenvalue weighted by molar-refractivity contribution is 7.98. The maximum Gasteiger partial charge on any atom is 0.215 e. The van der Waals surface area contributed by atoms with Crippen LogP contribution in [0.15, 0.2) is 47.9 Å². The van der Waals surface area contributed by atoms with Gasteiger partial charge in [-0.25, -0.2) is 4.98 Å². The third-order valence-corrected chi connectivity index (χ3v) is 3.84. The molecule has 4 nitrogen and oxygen atoms in total. The van der Waals surface area contributed by atoms with Crippen LogP contribution in [-0.2, 0) is 5.75 Å². The Morgan fingerprint density at radius 3 is 2.95 bits per heavy atom. The van der Waals surface area contributed by atoms with Crippen LogP contribution < -0.4 is 0 Å². The van der Waals surface area contributed by atoms with Crippen LogP contribution in [0.3, 0.4) is 0 Å². The Morgan fingerprint density at radius 1 is 1.20 bits per heavy atom. The number of benzene rings is 1. The van der Waals surface area contributed by atoms with Crippen LogP contribution >= 0.6 is 11.8 Å². The molecule has 0 unspecified atom stereocenters. The number of aryl methyl sites for hydroxylation is 1. The van der Waals surface area contributed by atoms with E-state index in [9.17, 15) is 5.11 Å². The Hall–Kier alpha value is -2.14. The van der Waals surface area contributed by atoms with Crippen LogP contribution in [0.25, 0.3) is 10.8 Å². The fourth-order valence-corrected chi connectivity index (χ4v) is 2.95. The second-order valence-electron chi connectivity index (χ2n) is 4.45. The molecule has 0 saturated heterocycles. The summed E-state index contributed by atoms with van der Waals surface area (Å²) in [6.07, 6.45) is 3.66. The number of fused-ring (bicyclic) bond motifs is 1. The normalized spacial score (nSPS) is 10.8. The van der Waals surface area contributed by atoms with E-state index in [0.29, 0.717) is 5.16 Å². The fraction of sp³-hybridized carbons (Fsp3) is 0.133. The summed E-state index contributed by atoms with van der Waals surface area (Å²) < 4.78 is 0. The summed E-state index contributed by atoms with van der Waals surface area (Å²) in [5.41, 5.74) is 1.97. The van der Waals surface area contributed by atoms with Crippen LogP contribution in [0.2, 0.25) is 0 Å². The van der Waals surface area contributed by atoms with Gasteiger partial charge in [-0.2, -0.15) is 4.98 Å². The first-order valence-corrected chi connectivity index (χ1v) is 7.20. The largest absolute Gasteiger partial charge is 0.493 e. The maximum absolute atomic E-state index is 9.49. The molecule has 0 spiro atoms. The molecule has 0 aliphatic carbocycles. The minimum Gasteiger partial charge on any atom is -0.493 e. The van der Waals surface area contributed by atoms with Gasteiger partial charge in [-0.3, -0.25) is 4.98 Å². The van der Waals surface area contributed by atoms with Crippen LogP contribution in [0.4, 0.5) is 0 Å². The quantitative estimate of drug-likeness (QED) is 0.590. The van der Waals surface area contributed by atoms with Gasteiger partial charge in [0.15, 0.2) is 5.16 Å². The monoisotopic (exact) mass is 283 g/mol. The molecule has 0 radical (unpaired) electrons. The number of nitrogens with zero attached hydrogens (tertiary/aromatic N) is 3. The van der Waals surface area contributed by atoms with E-state index in [2.05, 4.69) is 21.0 Å². The van der Waals surface area contributed by atoms with Crippen molar-refractivity contribution in [3.63, 3.8) is 0 Å². The zero-order valence-corrected chi connectivity index (χ0v) is 11.8. The third kappa shape index (κ3) is 2.72. The van der Waals surface area contributed by atoms with E-state index in [-0.39, 0.29) is 5.88 Å². The van der Waals surface area contributed by atoms with Crippen molar-refractivity contribution in [2.24, 2.45) is 0 Å². The van der Waals surface area contributed by atoms with E-state index in [1.54, 1.807) is 12.3 Å². The van der Waals surface area contributed by atoms with Gasteiger partial charge in [-0.1, -0.05) is 30.0 Å². The molecule has 2 aromatic heterocycles. The van der Waals surface area contributed by atoms with Gasteiger partial charge < -0.3 is 5.11 Å². The Morgan fingerprint density at radius 2 is 2.10 bits per heavy atom. The zero-order chi connectivity index (χ0) is 13.9. The second kappa shape index (κ2) is 5.46. The third-order valence-electron chi connectivity index (χ3n) is 2.95. The highest BCUT2D eigenvalue weighted by Gasteiger charge is 2.05. The summed E-state index contributed by atoms with van der Waals surface area (Å²) in [7, 11) is 0. The minimum absolute atomic E-state index is 0.0159. The topological polar surface area (TPSA) is 58.9 Å². The van der Waals surface area contributed by atoms with Crippen LogP contribution in [-0.4, -0.2) is 20.1 Å². The molecule has 20 heavy (non-hydrogen) atoms. The van der Waals surface area contributed by atoms with E-state index in [1.165, 1.54) is 22.7 Å². The van der Waals surface area contributed by atoms with Gasteiger partial charge in [0.1, 0.15) is 0 Å². The predicted molar refractivity (Wildman–Crippen MR) is 79.7 cm³/mol. The molecule has 0 aliphatic rings. The van der Waals surface area contributed by atoms with Crippen molar-refractivity contribution >= 4 is 22.5 Å². The van der Waals surface area contributed by atoms with Gasteiger partial charge in [-0.05, 0) is 23.9 Å². The van der Waals surface area contributed by atoms with Crippen molar-refractivity contribution in [2.75, 3.05) is 0 Å². The van der Waals surface area contributed by atoms with E-state index in [0.717, 1.165) is 16.8 Å². The Labute approximate surface area is 120 Å². The van der Waals surface area contributed by atoms with Gasteiger partial charge in [0.05, 0.1) is 0 Å². The first-order chi connectivity index (χ1) is 9.72. The van der Waals surface area contributed by atoms with E-state index < -0.39 is 0 Å².